The molecule has 2 aromatic rings. The zero-order chi connectivity index (χ0) is 15.9. The van der Waals surface area contributed by atoms with E-state index in [4.69, 9.17) is 11.6 Å². The molecule has 0 aliphatic carbocycles. The Bertz CT molecular complexity index is 714. The number of phenols is 2. The number of quaternary nitrogens is 1. The van der Waals surface area contributed by atoms with Gasteiger partial charge >= 0.3 is 0 Å². The van der Waals surface area contributed by atoms with Gasteiger partial charge in [0.2, 0.25) is 0 Å². The molecule has 0 bridgehead atoms. The smallest absolute Gasteiger partial charge is 0.176 e. The third kappa shape index (κ3) is 2.67. The number of aromatic hydroxyl groups is 2. The number of fused-ring (bicyclic) bond motifs is 1. The molecular weight excluding hydrogens is 298 g/mol. The summed E-state index contributed by atoms with van der Waals surface area (Å²) in [7, 11) is 2.17. The van der Waals surface area contributed by atoms with Gasteiger partial charge < -0.3 is 15.1 Å². The van der Waals surface area contributed by atoms with E-state index in [9.17, 15) is 10.2 Å². The average molecular weight is 319 g/mol. The lowest BCUT2D eigenvalue weighted by Gasteiger charge is -2.21. The maximum Gasteiger partial charge on any atom is 0.176 e. The molecule has 3 nitrogen and oxygen atoms in total. The highest BCUT2D eigenvalue weighted by atomic mass is 35.5. The Hall–Kier alpha value is -1.71. The van der Waals surface area contributed by atoms with Crippen molar-refractivity contribution in [3.05, 3.63) is 57.6 Å². The number of aryl methyl sites for hydroxylation is 1. The highest BCUT2D eigenvalue weighted by Crippen LogP contribution is 2.42. The molecule has 3 N–H and O–H groups in total. The highest BCUT2D eigenvalue weighted by molar-refractivity contribution is 6.33. The Labute approximate surface area is 135 Å². The predicted octanol–water partition coefficient (Wildman–Crippen LogP) is 2.26. The fourth-order valence-corrected chi connectivity index (χ4v) is 3.63. The van der Waals surface area contributed by atoms with Gasteiger partial charge in [0.05, 0.1) is 31.1 Å². The molecular formula is C18H21ClNO2+. The van der Waals surface area contributed by atoms with Crippen LogP contribution in [0.3, 0.4) is 0 Å². The lowest BCUT2D eigenvalue weighted by Crippen LogP contribution is -3.09. The van der Waals surface area contributed by atoms with Crippen LogP contribution in [0.4, 0.5) is 0 Å². The molecule has 0 fully saturated rings. The van der Waals surface area contributed by atoms with Gasteiger partial charge in [-0.1, -0.05) is 41.4 Å². The van der Waals surface area contributed by atoms with Crippen LogP contribution in [-0.2, 0) is 6.42 Å². The molecule has 2 unspecified atom stereocenters. The first-order chi connectivity index (χ1) is 10.5. The van der Waals surface area contributed by atoms with Crippen LogP contribution in [0.1, 0.15) is 28.2 Å². The second kappa shape index (κ2) is 5.82. The van der Waals surface area contributed by atoms with Crippen LogP contribution in [0.2, 0.25) is 5.02 Å². The quantitative estimate of drug-likeness (QED) is 0.706. The van der Waals surface area contributed by atoms with E-state index in [1.807, 2.05) is 0 Å². The lowest BCUT2D eigenvalue weighted by atomic mass is 9.87. The van der Waals surface area contributed by atoms with E-state index in [0.29, 0.717) is 5.02 Å². The number of halogens is 1. The Morgan fingerprint density at radius 1 is 1.23 bits per heavy atom. The molecule has 2 aromatic carbocycles. The third-order valence-electron chi connectivity index (χ3n) is 4.53. The van der Waals surface area contributed by atoms with Crippen LogP contribution in [0.25, 0.3) is 0 Å². The van der Waals surface area contributed by atoms with E-state index in [-0.39, 0.29) is 17.4 Å². The molecule has 0 aromatic heterocycles. The van der Waals surface area contributed by atoms with E-state index in [1.54, 1.807) is 6.07 Å². The van der Waals surface area contributed by atoms with Crippen LogP contribution < -0.4 is 4.90 Å². The summed E-state index contributed by atoms with van der Waals surface area (Å²) < 4.78 is 0. The van der Waals surface area contributed by atoms with E-state index >= 15 is 0 Å². The van der Waals surface area contributed by atoms with E-state index < -0.39 is 0 Å². The SMILES string of the molecule is Cc1cccc(C2C[NH+](C)CCc3c2cc(O)c(O)c3Cl)c1. The second-order valence-corrected chi connectivity index (χ2v) is 6.63. The number of benzene rings is 2. The molecule has 0 radical (unpaired) electrons. The largest absolute Gasteiger partial charge is 0.504 e. The van der Waals surface area contributed by atoms with E-state index in [0.717, 1.165) is 30.6 Å². The first-order valence-electron chi connectivity index (χ1n) is 7.58. The molecule has 0 saturated carbocycles. The third-order valence-corrected chi connectivity index (χ3v) is 4.94. The van der Waals surface area contributed by atoms with Crippen molar-refractivity contribution in [1.82, 2.24) is 0 Å². The normalized spacial score (nSPS) is 21.2. The van der Waals surface area contributed by atoms with Crippen LogP contribution >= 0.6 is 11.6 Å². The summed E-state index contributed by atoms with van der Waals surface area (Å²) in [6.07, 6.45) is 0.802. The first-order valence-corrected chi connectivity index (χ1v) is 7.96. The zero-order valence-corrected chi connectivity index (χ0v) is 13.6. The van der Waals surface area contributed by atoms with Crippen molar-refractivity contribution in [3.8, 4) is 11.5 Å². The Morgan fingerprint density at radius 3 is 2.73 bits per heavy atom. The number of phenolic OH excluding ortho intramolecular Hbond substituents is 2. The van der Waals surface area contributed by atoms with E-state index in [2.05, 4.69) is 38.2 Å². The second-order valence-electron chi connectivity index (χ2n) is 6.25. The number of nitrogens with one attached hydrogen (secondary N) is 1. The molecule has 1 aliphatic heterocycles. The molecule has 22 heavy (non-hydrogen) atoms. The lowest BCUT2D eigenvalue weighted by molar-refractivity contribution is -0.879. The monoisotopic (exact) mass is 318 g/mol. The Balaban J connectivity index is 2.19. The summed E-state index contributed by atoms with van der Waals surface area (Å²) in [4.78, 5) is 1.41. The van der Waals surface area contributed by atoms with Crippen molar-refractivity contribution >= 4 is 11.6 Å². The maximum atomic E-state index is 9.99. The van der Waals surface area contributed by atoms with Gasteiger partial charge in [0.25, 0.3) is 0 Å². The number of hydrogen-bond donors (Lipinski definition) is 3. The fourth-order valence-electron chi connectivity index (χ4n) is 3.33. The molecule has 116 valence electrons. The van der Waals surface area contributed by atoms with Crippen LogP contribution in [-0.4, -0.2) is 30.4 Å². The Kier molecular flexibility index (Phi) is 4.02. The van der Waals surface area contributed by atoms with Crippen molar-refractivity contribution < 1.29 is 15.1 Å². The minimum absolute atomic E-state index is 0.138. The van der Waals surface area contributed by atoms with Gasteiger partial charge in [-0.2, -0.15) is 0 Å². The molecule has 4 heteroatoms. The van der Waals surface area contributed by atoms with Gasteiger partial charge in [0, 0.05) is 6.42 Å². The van der Waals surface area contributed by atoms with Gasteiger partial charge in [-0.25, -0.2) is 0 Å². The predicted molar refractivity (Wildman–Crippen MR) is 88.1 cm³/mol. The molecule has 0 spiro atoms. The summed E-state index contributed by atoms with van der Waals surface area (Å²) in [5.74, 6) is -0.176. The molecule has 3 rings (SSSR count). The summed E-state index contributed by atoms with van der Waals surface area (Å²) >= 11 is 6.30. The van der Waals surface area contributed by atoms with Crippen LogP contribution in [0, 0.1) is 6.92 Å². The van der Waals surface area contributed by atoms with Gasteiger partial charge in [-0.3, -0.25) is 0 Å². The van der Waals surface area contributed by atoms with Gasteiger partial charge in [-0.05, 0) is 29.7 Å². The van der Waals surface area contributed by atoms with E-state index in [1.165, 1.54) is 16.0 Å². The molecule has 1 aliphatic rings. The van der Waals surface area contributed by atoms with Crippen molar-refractivity contribution in [2.24, 2.45) is 0 Å². The van der Waals surface area contributed by atoms with Crippen LogP contribution in [0.15, 0.2) is 30.3 Å². The topological polar surface area (TPSA) is 44.9 Å². The summed E-state index contributed by atoms with van der Waals surface area (Å²) in [6, 6.07) is 10.1. The molecule has 0 saturated heterocycles. The van der Waals surface area contributed by atoms with Crippen molar-refractivity contribution in [3.63, 3.8) is 0 Å². The minimum Gasteiger partial charge on any atom is -0.504 e. The first kappa shape index (κ1) is 15.2. The zero-order valence-electron chi connectivity index (χ0n) is 12.9. The van der Waals surface area contributed by atoms with Crippen molar-refractivity contribution in [1.29, 1.82) is 0 Å². The van der Waals surface area contributed by atoms with Crippen molar-refractivity contribution in [2.45, 2.75) is 19.3 Å². The summed E-state index contributed by atoms with van der Waals surface area (Å²) in [5.41, 5.74) is 4.43. The standard InChI is InChI=1S/C18H20ClNO2/c1-11-4-3-5-12(8-11)15-10-20(2)7-6-13-14(15)9-16(21)18(22)17(13)19/h3-5,8-9,15,21-22H,6-7,10H2,1-2H3/p+1. The number of likely N-dealkylation sites (N-methyl/N-ethyl adjacent to an activating group) is 1. The fraction of sp³-hybridized carbons (Fsp3) is 0.333. The molecule has 2 atom stereocenters. The molecule has 1 heterocycles. The Morgan fingerprint density at radius 2 is 2.00 bits per heavy atom. The van der Waals surface area contributed by atoms with Crippen molar-refractivity contribution in [2.75, 3.05) is 20.1 Å². The summed E-state index contributed by atoms with van der Waals surface area (Å²) in [5, 5.41) is 20.2. The number of rotatable bonds is 1. The van der Waals surface area contributed by atoms with Gasteiger partial charge in [0.15, 0.2) is 11.5 Å². The number of hydrogen-bond acceptors (Lipinski definition) is 2. The van der Waals surface area contributed by atoms with Gasteiger partial charge in [0.1, 0.15) is 0 Å². The average Bonchev–Trinajstić information content (AvgIpc) is 2.65. The van der Waals surface area contributed by atoms with Gasteiger partial charge in [-0.15, -0.1) is 0 Å². The summed E-state index contributed by atoms with van der Waals surface area (Å²) in [6.45, 7) is 3.98. The maximum absolute atomic E-state index is 9.99. The highest BCUT2D eigenvalue weighted by Gasteiger charge is 2.29. The van der Waals surface area contributed by atoms with Crippen LogP contribution in [0.5, 0.6) is 11.5 Å². The molecule has 0 amide bonds. The minimum atomic E-state index is -0.206.